The van der Waals surface area contributed by atoms with Gasteiger partial charge in [-0.05, 0) is 25.5 Å². The Labute approximate surface area is 106 Å². The molecule has 5 heteroatoms. The van der Waals surface area contributed by atoms with Gasteiger partial charge in [-0.3, -0.25) is 5.32 Å². The van der Waals surface area contributed by atoms with Crippen LogP contribution < -0.4 is 5.32 Å². The molecule has 2 atom stereocenters. The Hall–Kier alpha value is -1.59. The van der Waals surface area contributed by atoms with Crippen molar-refractivity contribution in [3.05, 3.63) is 42.4 Å². The van der Waals surface area contributed by atoms with E-state index >= 15 is 0 Å². The molecular formula is C13H19N3O2. The van der Waals surface area contributed by atoms with E-state index in [4.69, 9.17) is 9.52 Å². The van der Waals surface area contributed by atoms with Crippen LogP contribution in [-0.4, -0.2) is 27.3 Å². The summed E-state index contributed by atoms with van der Waals surface area (Å²) in [7, 11) is 1.96. The van der Waals surface area contributed by atoms with Crippen molar-refractivity contribution in [2.24, 2.45) is 7.05 Å². The van der Waals surface area contributed by atoms with Gasteiger partial charge in [-0.15, -0.1) is 0 Å². The molecule has 0 aliphatic carbocycles. The van der Waals surface area contributed by atoms with Gasteiger partial charge in [-0.25, -0.2) is 4.98 Å². The second-order valence-corrected chi connectivity index (χ2v) is 4.42. The quantitative estimate of drug-likeness (QED) is 0.813. The van der Waals surface area contributed by atoms with Crippen molar-refractivity contribution in [2.75, 3.05) is 6.61 Å². The van der Waals surface area contributed by atoms with Crippen molar-refractivity contribution in [1.29, 1.82) is 0 Å². The molecule has 2 heterocycles. The summed E-state index contributed by atoms with van der Waals surface area (Å²) in [5.41, 5.74) is 0. The highest BCUT2D eigenvalue weighted by Crippen LogP contribution is 2.21. The molecule has 2 unspecified atom stereocenters. The van der Waals surface area contributed by atoms with Crippen LogP contribution in [0.2, 0.25) is 0 Å². The lowest BCUT2D eigenvalue weighted by Gasteiger charge is -2.21. The molecule has 0 amide bonds. The van der Waals surface area contributed by atoms with Gasteiger partial charge >= 0.3 is 0 Å². The number of aliphatic hydroxyl groups excluding tert-OH is 1. The first-order valence-corrected chi connectivity index (χ1v) is 6.10. The molecule has 0 radical (unpaired) electrons. The normalized spacial score (nSPS) is 14.6. The number of aliphatic hydroxyl groups is 1. The second kappa shape index (κ2) is 5.84. The second-order valence-electron chi connectivity index (χ2n) is 4.42. The Kier molecular flexibility index (Phi) is 4.17. The molecular weight excluding hydrogens is 230 g/mol. The van der Waals surface area contributed by atoms with Crippen molar-refractivity contribution in [1.82, 2.24) is 14.9 Å². The van der Waals surface area contributed by atoms with Gasteiger partial charge in [-0.2, -0.15) is 0 Å². The highest BCUT2D eigenvalue weighted by molar-refractivity contribution is 5.15. The summed E-state index contributed by atoms with van der Waals surface area (Å²) < 4.78 is 7.44. The average Bonchev–Trinajstić information content (AvgIpc) is 2.97. The van der Waals surface area contributed by atoms with E-state index in [0.29, 0.717) is 6.42 Å². The van der Waals surface area contributed by atoms with E-state index in [9.17, 15) is 0 Å². The number of nitrogens with zero attached hydrogens (tertiary/aromatic N) is 2. The zero-order valence-corrected chi connectivity index (χ0v) is 10.7. The van der Waals surface area contributed by atoms with Gasteiger partial charge in [0.25, 0.3) is 0 Å². The SMILES string of the molecule is CC(CCO)NC(c1ccco1)c1nccn1C. The number of aromatic nitrogens is 2. The number of rotatable bonds is 6. The Morgan fingerprint density at radius 3 is 2.94 bits per heavy atom. The smallest absolute Gasteiger partial charge is 0.133 e. The largest absolute Gasteiger partial charge is 0.467 e. The summed E-state index contributed by atoms with van der Waals surface area (Å²) >= 11 is 0. The van der Waals surface area contributed by atoms with Crippen molar-refractivity contribution >= 4 is 0 Å². The van der Waals surface area contributed by atoms with E-state index in [1.807, 2.05) is 36.9 Å². The van der Waals surface area contributed by atoms with Crippen molar-refractivity contribution in [3.63, 3.8) is 0 Å². The molecule has 18 heavy (non-hydrogen) atoms. The Bertz CT molecular complexity index is 464. The first kappa shape index (κ1) is 12.9. The van der Waals surface area contributed by atoms with Crippen molar-refractivity contribution < 1.29 is 9.52 Å². The van der Waals surface area contributed by atoms with Crippen LogP contribution in [0.1, 0.15) is 31.0 Å². The summed E-state index contributed by atoms with van der Waals surface area (Å²) in [6, 6.07) is 3.88. The summed E-state index contributed by atoms with van der Waals surface area (Å²) in [6.07, 6.45) is 6.03. The molecule has 0 bridgehead atoms. The molecule has 2 N–H and O–H groups in total. The average molecular weight is 249 g/mol. The van der Waals surface area contributed by atoms with E-state index in [1.165, 1.54) is 0 Å². The van der Waals surface area contributed by atoms with Crippen LogP contribution in [0.25, 0.3) is 0 Å². The summed E-state index contributed by atoms with van der Waals surface area (Å²) in [6.45, 7) is 2.20. The topological polar surface area (TPSA) is 63.2 Å². The minimum Gasteiger partial charge on any atom is -0.467 e. The Balaban J connectivity index is 2.22. The number of hydrogen-bond donors (Lipinski definition) is 2. The van der Waals surface area contributed by atoms with Crippen LogP contribution in [0.4, 0.5) is 0 Å². The van der Waals surface area contributed by atoms with Gasteiger partial charge in [0.05, 0.1) is 6.26 Å². The number of imidazole rings is 1. The summed E-state index contributed by atoms with van der Waals surface area (Å²) in [5.74, 6) is 1.73. The Morgan fingerprint density at radius 1 is 1.56 bits per heavy atom. The molecule has 0 saturated heterocycles. The van der Waals surface area contributed by atoms with Crippen LogP contribution in [0.15, 0.2) is 35.2 Å². The molecule has 0 aliphatic heterocycles. The van der Waals surface area contributed by atoms with Crippen LogP contribution in [0.3, 0.4) is 0 Å². The summed E-state index contributed by atoms with van der Waals surface area (Å²) in [4.78, 5) is 4.36. The third-order valence-corrected chi connectivity index (χ3v) is 2.96. The fourth-order valence-corrected chi connectivity index (χ4v) is 1.96. The molecule has 5 nitrogen and oxygen atoms in total. The molecule has 0 fully saturated rings. The minimum absolute atomic E-state index is 0.0958. The number of furan rings is 1. The van der Waals surface area contributed by atoms with Gasteiger partial charge in [0, 0.05) is 32.1 Å². The third kappa shape index (κ3) is 2.80. The zero-order valence-electron chi connectivity index (χ0n) is 10.7. The van der Waals surface area contributed by atoms with Crippen molar-refractivity contribution in [2.45, 2.75) is 25.4 Å². The molecule has 0 spiro atoms. The highest BCUT2D eigenvalue weighted by atomic mass is 16.3. The predicted molar refractivity (Wildman–Crippen MR) is 68.1 cm³/mol. The number of aryl methyl sites for hydroxylation is 1. The van der Waals surface area contributed by atoms with E-state index in [-0.39, 0.29) is 18.7 Å². The maximum absolute atomic E-state index is 8.98. The maximum atomic E-state index is 8.98. The molecule has 2 rings (SSSR count). The number of nitrogens with one attached hydrogen (secondary N) is 1. The number of hydrogen-bond acceptors (Lipinski definition) is 4. The first-order valence-electron chi connectivity index (χ1n) is 6.10. The van der Waals surface area contributed by atoms with Crippen molar-refractivity contribution in [3.8, 4) is 0 Å². The predicted octanol–water partition coefficient (Wildman–Crippen LogP) is 1.46. The summed E-state index contributed by atoms with van der Waals surface area (Å²) in [5, 5.41) is 12.4. The van der Waals surface area contributed by atoms with E-state index in [2.05, 4.69) is 10.3 Å². The Morgan fingerprint density at radius 2 is 2.39 bits per heavy atom. The molecule has 0 saturated carbocycles. The lowest BCUT2D eigenvalue weighted by molar-refractivity contribution is 0.261. The standard InChI is InChI=1S/C13H19N3O2/c1-10(5-8-17)15-12(11-4-3-9-18-11)13-14-6-7-16(13)2/h3-4,6-7,9-10,12,15,17H,5,8H2,1-2H3. The van der Waals surface area contributed by atoms with Gasteiger partial charge in [0.1, 0.15) is 17.6 Å². The zero-order chi connectivity index (χ0) is 13.0. The van der Waals surface area contributed by atoms with Gasteiger partial charge in [0.2, 0.25) is 0 Å². The van der Waals surface area contributed by atoms with Gasteiger partial charge in [-0.1, -0.05) is 0 Å². The maximum Gasteiger partial charge on any atom is 0.133 e. The van der Waals surface area contributed by atoms with Gasteiger partial charge < -0.3 is 14.1 Å². The molecule has 2 aromatic heterocycles. The highest BCUT2D eigenvalue weighted by Gasteiger charge is 2.22. The monoisotopic (exact) mass is 249 g/mol. The van der Waals surface area contributed by atoms with E-state index in [1.54, 1.807) is 12.5 Å². The van der Waals surface area contributed by atoms with Crippen LogP contribution in [-0.2, 0) is 7.05 Å². The van der Waals surface area contributed by atoms with Crippen LogP contribution in [0, 0.1) is 0 Å². The fraction of sp³-hybridized carbons (Fsp3) is 0.462. The first-order chi connectivity index (χ1) is 8.72. The lowest BCUT2D eigenvalue weighted by Crippen LogP contribution is -2.33. The minimum atomic E-state index is -0.0958. The van der Waals surface area contributed by atoms with E-state index < -0.39 is 0 Å². The van der Waals surface area contributed by atoms with Gasteiger partial charge in [0.15, 0.2) is 0 Å². The fourth-order valence-electron chi connectivity index (χ4n) is 1.96. The molecule has 0 aromatic carbocycles. The van der Waals surface area contributed by atoms with Crippen LogP contribution >= 0.6 is 0 Å². The van der Waals surface area contributed by atoms with Crippen LogP contribution in [0.5, 0.6) is 0 Å². The lowest BCUT2D eigenvalue weighted by atomic mass is 10.1. The third-order valence-electron chi connectivity index (χ3n) is 2.96. The molecule has 2 aromatic rings. The molecule has 0 aliphatic rings. The molecule has 98 valence electrons. The van der Waals surface area contributed by atoms with E-state index in [0.717, 1.165) is 11.6 Å².